The van der Waals surface area contributed by atoms with Gasteiger partial charge in [0.2, 0.25) is 0 Å². The molecule has 0 nitrogen and oxygen atoms in total. The number of hydrogen-bond donors (Lipinski definition) is 0. The molecule has 0 unspecified atom stereocenters. The SMILES string of the molecule is C=C(Cl)/C(Cl)=C\C=C/C. The van der Waals surface area contributed by atoms with E-state index in [0.29, 0.717) is 10.1 Å². The lowest BCUT2D eigenvalue weighted by Crippen LogP contribution is -1.65. The summed E-state index contributed by atoms with van der Waals surface area (Å²) in [5.74, 6) is 0. The number of halogens is 2. The first-order chi connectivity index (χ1) is 4.18. The van der Waals surface area contributed by atoms with Crippen molar-refractivity contribution in [2.24, 2.45) is 0 Å². The molecule has 0 rings (SSSR count). The van der Waals surface area contributed by atoms with Crippen LogP contribution in [0.4, 0.5) is 0 Å². The summed E-state index contributed by atoms with van der Waals surface area (Å²) in [5, 5.41) is 0.851. The molecule has 0 saturated heterocycles. The maximum absolute atomic E-state index is 5.57. The molecule has 0 N–H and O–H groups in total. The molecule has 0 aromatic heterocycles. The maximum Gasteiger partial charge on any atom is 0.0586 e. The number of allylic oxidation sites excluding steroid dienone is 5. The highest BCUT2D eigenvalue weighted by atomic mass is 35.5. The quantitative estimate of drug-likeness (QED) is 0.547. The highest BCUT2D eigenvalue weighted by Crippen LogP contribution is 2.15. The van der Waals surface area contributed by atoms with E-state index in [9.17, 15) is 0 Å². The van der Waals surface area contributed by atoms with Gasteiger partial charge in [-0.25, -0.2) is 0 Å². The first-order valence-corrected chi connectivity index (χ1v) is 3.27. The Morgan fingerprint density at radius 2 is 2.00 bits per heavy atom. The number of hydrogen-bond acceptors (Lipinski definition) is 0. The molecule has 0 heterocycles. The van der Waals surface area contributed by atoms with E-state index in [1.807, 2.05) is 13.0 Å². The van der Waals surface area contributed by atoms with E-state index in [-0.39, 0.29) is 0 Å². The fraction of sp³-hybridized carbons (Fsp3) is 0.143. The molecule has 0 spiro atoms. The molecule has 0 aromatic carbocycles. The van der Waals surface area contributed by atoms with Crippen LogP contribution in [0.1, 0.15) is 6.92 Å². The number of rotatable bonds is 2. The smallest absolute Gasteiger partial charge is 0.0586 e. The van der Waals surface area contributed by atoms with Crippen LogP contribution < -0.4 is 0 Å². The molecule has 0 saturated carbocycles. The van der Waals surface area contributed by atoms with Gasteiger partial charge >= 0.3 is 0 Å². The summed E-state index contributed by atoms with van der Waals surface area (Å²) in [5.41, 5.74) is 0. The molecule has 0 aliphatic carbocycles. The summed E-state index contributed by atoms with van der Waals surface area (Å²) in [4.78, 5) is 0. The molecule has 0 aromatic rings. The van der Waals surface area contributed by atoms with Crippen molar-refractivity contribution in [3.05, 3.63) is 34.9 Å². The van der Waals surface area contributed by atoms with Crippen LogP contribution in [0, 0.1) is 0 Å². The summed E-state index contributed by atoms with van der Waals surface area (Å²) < 4.78 is 0. The fourth-order valence-corrected chi connectivity index (χ4v) is 0.407. The highest BCUT2D eigenvalue weighted by molar-refractivity contribution is 6.43. The summed E-state index contributed by atoms with van der Waals surface area (Å²) in [7, 11) is 0. The molecular formula is C7H8Cl2. The van der Waals surface area contributed by atoms with E-state index in [0.717, 1.165) is 0 Å². The Morgan fingerprint density at radius 1 is 1.44 bits per heavy atom. The average Bonchev–Trinajstić information content (AvgIpc) is 1.82. The van der Waals surface area contributed by atoms with Crippen molar-refractivity contribution in [2.75, 3.05) is 0 Å². The summed E-state index contributed by atoms with van der Waals surface area (Å²) in [6.07, 6.45) is 5.36. The van der Waals surface area contributed by atoms with Gasteiger partial charge in [0, 0.05) is 0 Å². The largest absolute Gasteiger partial charge is 0.0876 e. The van der Waals surface area contributed by atoms with Gasteiger partial charge in [-0.1, -0.05) is 41.9 Å². The van der Waals surface area contributed by atoms with E-state index >= 15 is 0 Å². The predicted octanol–water partition coefficient (Wildman–Crippen LogP) is 3.44. The maximum atomic E-state index is 5.57. The second-order valence-electron chi connectivity index (χ2n) is 1.45. The molecule has 0 fully saturated rings. The second kappa shape index (κ2) is 4.66. The fourth-order valence-electron chi connectivity index (χ4n) is 0.271. The van der Waals surface area contributed by atoms with E-state index in [2.05, 4.69) is 6.58 Å². The van der Waals surface area contributed by atoms with Gasteiger partial charge in [-0.05, 0) is 13.0 Å². The zero-order valence-corrected chi connectivity index (χ0v) is 6.71. The highest BCUT2D eigenvalue weighted by Gasteiger charge is 1.89. The van der Waals surface area contributed by atoms with E-state index in [1.54, 1.807) is 12.2 Å². The van der Waals surface area contributed by atoms with Gasteiger partial charge in [0.25, 0.3) is 0 Å². The Morgan fingerprint density at radius 3 is 2.33 bits per heavy atom. The van der Waals surface area contributed by atoms with Crippen LogP contribution in [0.5, 0.6) is 0 Å². The molecule has 0 aliphatic rings. The van der Waals surface area contributed by atoms with Crippen molar-refractivity contribution in [3.8, 4) is 0 Å². The molecule has 0 bridgehead atoms. The first kappa shape index (κ1) is 8.80. The van der Waals surface area contributed by atoms with Crippen molar-refractivity contribution in [3.63, 3.8) is 0 Å². The standard InChI is InChI=1S/C7H8Cl2/c1-3-4-5-7(9)6(2)8/h3-5H,2H2,1H3/b4-3-,7-5+. The zero-order valence-electron chi connectivity index (χ0n) is 5.20. The Hall–Kier alpha value is -0.200. The van der Waals surface area contributed by atoms with Crippen LogP contribution in [0.25, 0.3) is 0 Å². The molecule has 0 atom stereocenters. The Bertz CT molecular complexity index is 154. The van der Waals surface area contributed by atoms with Crippen molar-refractivity contribution < 1.29 is 0 Å². The van der Waals surface area contributed by atoms with Crippen LogP contribution in [0.3, 0.4) is 0 Å². The average molecular weight is 163 g/mol. The Labute approximate surface area is 65.5 Å². The minimum atomic E-state index is 0.370. The van der Waals surface area contributed by atoms with Crippen molar-refractivity contribution >= 4 is 23.2 Å². The second-order valence-corrected chi connectivity index (χ2v) is 2.31. The van der Waals surface area contributed by atoms with Gasteiger partial charge in [-0.3, -0.25) is 0 Å². The van der Waals surface area contributed by atoms with Gasteiger partial charge in [0.15, 0.2) is 0 Å². The summed E-state index contributed by atoms with van der Waals surface area (Å²) in [6, 6.07) is 0. The van der Waals surface area contributed by atoms with Gasteiger partial charge < -0.3 is 0 Å². The third kappa shape index (κ3) is 4.31. The van der Waals surface area contributed by atoms with E-state index < -0.39 is 0 Å². The minimum absolute atomic E-state index is 0.370. The molecule has 0 radical (unpaired) electrons. The summed E-state index contributed by atoms with van der Waals surface area (Å²) in [6.45, 7) is 5.34. The lowest BCUT2D eigenvalue weighted by molar-refractivity contribution is 1.71. The third-order valence-corrected chi connectivity index (χ3v) is 1.35. The summed E-state index contributed by atoms with van der Waals surface area (Å²) >= 11 is 11.0. The van der Waals surface area contributed by atoms with Gasteiger partial charge in [0.1, 0.15) is 0 Å². The van der Waals surface area contributed by atoms with Crippen LogP contribution >= 0.6 is 23.2 Å². The minimum Gasteiger partial charge on any atom is -0.0876 e. The molecular weight excluding hydrogens is 155 g/mol. The lowest BCUT2D eigenvalue weighted by atomic mass is 10.4. The van der Waals surface area contributed by atoms with Crippen molar-refractivity contribution in [1.29, 1.82) is 0 Å². The van der Waals surface area contributed by atoms with Gasteiger partial charge in [-0.2, -0.15) is 0 Å². The zero-order chi connectivity index (χ0) is 7.28. The third-order valence-electron chi connectivity index (χ3n) is 0.694. The Kier molecular flexibility index (Phi) is 4.55. The van der Waals surface area contributed by atoms with Crippen LogP contribution in [-0.2, 0) is 0 Å². The van der Waals surface area contributed by atoms with Gasteiger partial charge in [-0.15, -0.1) is 0 Å². The predicted molar refractivity (Wildman–Crippen MR) is 43.7 cm³/mol. The van der Waals surface area contributed by atoms with Crippen molar-refractivity contribution in [1.82, 2.24) is 0 Å². The Balaban J connectivity index is 4.00. The van der Waals surface area contributed by atoms with E-state index in [1.165, 1.54) is 0 Å². The van der Waals surface area contributed by atoms with Crippen LogP contribution in [0.2, 0.25) is 0 Å². The molecule has 9 heavy (non-hydrogen) atoms. The normalized spacial score (nSPS) is 12.6. The van der Waals surface area contributed by atoms with E-state index in [4.69, 9.17) is 23.2 Å². The van der Waals surface area contributed by atoms with Crippen LogP contribution in [-0.4, -0.2) is 0 Å². The monoisotopic (exact) mass is 162 g/mol. The molecule has 2 heteroatoms. The van der Waals surface area contributed by atoms with Gasteiger partial charge in [0.05, 0.1) is 10.1 Å². The van der Waals surface area contributed by atoms with Crippen LogP contribution in [0.15, 0.2) is 34.9 Å². The first-order valence-electron chi connectivity index (χ1n) is 2.51. The molecule has 0 amide bonds. The van der Waals surface area contributed by atoms with Crippen molar-refractivity contribution in [2.45, 2.75) is 6.92 Å². The molecule has 0 aliphatic heterocycles. The lowest BCUT2D eigenvalue weighted by Gasteiger charge is -1.87. The molecule has 50 valence electrons. The topological polar surface area (TPSA) is 0 Å².